The van der Waals surface area contributed by atoms with Gasteiger partial charge in [0.05, 0.1) is 12.3 Å². The van der Waals surface area contributed by atoms with Crippen LogP contribution >= 0.6 is 0 Å². The van der Waals surface area contributed by atoms with E-state index < -0.39 is 5.82 Å². The quantitative estimate of drug-likeness (QED) is 0.769. The van der Waals surface area contributed by atoms with Crippen LogP contribution in [0.15, 0.2) is 12.4 Å². The van der Waals surface area contributed by atoms with Crippen molar-refractivity contribution in [1.82, 2.24) is 4.98 Å². The summed E-state index contributed by atoms with van der Waals surface area (Å²) in [4.78, 5) is 3.63. The summed E-state index contributed by atoms with van der Waals surface area (Å²) in [6.45, 7) is 0. The third-order valence-electron chi connectivity index (χ3n) is 2.81. The average Bonchev–Trinajstić information content (AvgIpc) is 2.33. The minimum absolute atomic E-state index is 0.0396. The number of hydrogen-bond donors (Lipinski definition) is 0. The normalized spacial score (nSPS) is 16.8. The van der Waals surface area contributed by atoms with Crippen molar-refractivity contribution in [2.45, 2.75) is 38.2 Å². The molecule has 0 bridgehead atoms. The van der Waals surface area contributed by atoms with Crippen LogP contribution in [0.3, 0.4) is 0 Å². The number of nitrogens with zero attached hydrogens (tertiary/aromatic N) is 2. The fraction of sp³-hybridized carbons (Fsp3) is 0.500. The van der Waals surface area contributed by atoms with E-state index in [2.05, 4.69) is 4.98 Å². The van der Waals surface area contributed by atoms with E-state index in [0.29, 0.717) is 0 Å². The highest BCUT2D eigenvalue weighted by molar-refractivity contribution is 5.41. The predicted octanol–water partition coefficient (Wildman–Crippen LogP) is 2.80. The minimum atomic E-state index is -0.551. The summed E-state index contributed by atoms with van der Waals surface area (Å²) in [7, 11) is 0. The van der Waals surface area contributed by atoms with Crippen LogP contribution in [0, 0.1) is 17.1 Å². The zero-order valence-electron chi connectivity index (χ0n) is 8.95. The van der Waals surface area contributed by atoms with Gasteiger partial charge in [0.1, 0.15) is 11.6 Å². The number of hydrogen-bond acceptors (Lipinski definition) is 3. The lowest BCUT2D eigenvalue weighted by Gasteiger charge is -2.23. The molecule has 0 N–H and O–H groups in total. The van der Waals surface area contributed by atoms with Gasteiger partial charge in [0, 0.05) is 6.20 Å². The van der Waals surface area contributed by atoms with Crippen molar-refractivity contribution in [2.75, 3.05) is 0 Å². The Morgan fingerprint density at radius 3 is 2.75 bits per heavy atom. The Morgan fingerprint density at radius 1 is 1.31 bits per heavy atom. The molecule has 0 radical (unpaired) electrons. The van der Waals surface area contributed by atoms with E-state index in [-0.39, 0.29) is 17.4 Å². The SMILES string of the molecule is N#Cc1cncc(F)c1OC1CCCCC1. The number of halogens is 1. The molecule has 0 aromatic carbocycles. The molecule has 16 heavy (non-hydrogen) atoms. The van der Waals surface area contributed by atoms with Crippen molar-refractivity contribution in [3.05, 3.63) is 23.8 Å². The molecule has 1 heterocycles. The van der Waals surface area contributed by atoms with E-state index in [1.807, 2.05) is 6.07 Å². The number of rotatable bonds is 2. The number of pyridine rings is 1. The molecule has 1 aliphatic rings. The summed E-state index contributed by atoms with van der Waals surface area (Å²) < 4.78 is 19.0. The molecule has 3 nitrogen and oxygen atoms in total. The van der Waals surface area contributed by atoms with Crippen LogP contribution in [0.1, 0.15) is 37.7 Å². The molecule has 0 aliphatic heterocycles. The van der Waals surface area contributed by atoms with E-state index in [0.717, 1.165) is 31.9 Å². The molecule has 4 heteroatoms. The highest BCUT2D eigenvalue weighted by atomic mass is 19.1. The maximum absolute atomic E-state index is 13.5. The molecule has 0 spiro atoms. The van der Waals surface area contributed by atoms with Crippen LogP contribution in [0.25, 0.3) is 0 Å². The molecule has 0 unspecified atom stereocenters. The van der Waals surface area contributed by atoms with Gasteiger partial charge >= 0.3 is 0 Å². The van der Waals surface area contributed by atoms with Crippen LogP contribution < -0.4 is 4.74 Å². The van der Waals surface area contributed by atoms with Gasteiger partial charge in [0.25, 0.3) is 0 Å². The Balaban J connectivity index is 2.16. The highest BCUT2D eigenvalue weighted by Gasteiger charge is 2.19. The smallest absolute Gasteiger partial charge is 0.184 e. The second-order valence-electron chi connectivity index (χ2n) is 3.99. The van der Waals surface area contributed by atoms with Gasteiger partial charge in [-0.15, -0.1) is 0 Å². The molecular weight excluding hydrogens is 207 g/mol. The maximum Gasteiger partial charge on any atom is 0.184 e. The lowest BCUT2D eigenvalue weighted by molar-refractivity contribution is 0.148. The van der Waals surface area contributed by atoms with Gasteiger partial charge in [-0.25, -0.2) is 4.39 Å². The van der Waals surface area contributed by atoms with Crippen molar-refractivity contribution >= 4 is 0 Å². The first-order chi connectivity index (χ1) is 7.81. The summed E-state index contributed by atoms with van der Waals surface area (Å²) in [5.74, 6) is -0.492. The summed E-state index contributed by atoms with van der Waals surface area (Å²) in [5.41, 5.74) is 0.172. The molecule has 1 aromatic heterocycles. The van der Waals surface area contributed by atoms with Crippen LogP contribution in [-0.4, -0.2) is 11.1 Å². The van der Waals surface area contributed by atoms with Gasteiger partial charge in [0.15, 0.2) is 11.6 Å². The minimum Gasteiger partial charge on any atom is -0.486 e. The second-order valence-corrected chi connectivity index (χ2v) is 3.99. The monoisotopic (exact) mass is 220 g/mol. The van der Waals surface area contributed by atoms with E-state index in [9.17, 15) is 4.39 Å². The summed E-state index contributed by atoms with van der Waals surface area (Å²) in [6, 6.07) is 1.90. The topological polar surface area (TPSA) is 45.9 Å². The van der Waals surface area contributed by atoms with Crippen molar-refractivity contribution in [3.63, 3.8) is 0 Å². The van der Waals surface area contributed by atoms with E-state index in [4.69, 9.17) is 10.00 Å². The largest absolute Gasteiger partial charge is 0.486 e. The van der Waals surface area contributed by atoms with Crippen LogP contribution in [-0.2, 0) is 0 Å². The molecule has 1 aliphatic carbocycles. The zero-order valence-corrected chi connectivity index (χ0v) is 8.95. The third-order valence-corrected chi connectivity index (χ3v) is 2.81. The molecule has 84 valence electrons. The average molecular weight is 220 g/mol. The lowest BCUT2D eigenvalue weighted by atomic mass is 9.98. The molecule has 1 aromatic rings. The fourth-order valence-electron chi connectivity index (χ4n) is 1.97. The molecule has 2 rings (SSSR count). The first kappa shape index (κ1) is 10.9. The first-order valence-electron chi connectivity index (χ1n) is 5.51. The molecular formula is C12H13FN2O. The third kappa shape index (κ3) is 2.30. The first-order valence-corrected chi connectivity index (χ1v) is 5.51. The molecule has 0 saturated heterocycles. The zero-order chi connectivity index (χ0) is 11.4. The van der Waals surface area contributed by atoms with Gasteiger partial charge in [0.2, 0.25) is 0 Å². The van der Waals surface area contributed by atoms with Crippen molar-refractivity contribution in [3.8, 4) is 11.8 Å². The van der Waals surface area contributed by atoms with Gasteiger partial charge in [-0.3, -0.25) is 4.98 Å². The number of aromatic nitrogens is 1. The maximum atomic E-state index is 13.5. The Bertz CT molecular complexity index is 408. The van der Waals surface area contributed by atoms with E-state index in [1.54, 1.807) is 0 Å². The van der Waals surface area contributed by atoms with Crippen molar-refractivity contribution in [1.29, 1.82) is 5.26 Å². The van der Waals surface area contributed by atoms with Crippen molar-refractivity contribution in [2.24, 2.45) is 0 Å². The Morgan fingerprint density at radius 2 is 2.06 bits per heavy atom. The number of ether oxygens (including phenoxy) is 1. The fourth-order valence-corrected chi connectivity index (χ4v) is 1.97. The highest BCUT2D eigenvalue weighted by Crippen LogP contribution is 2.27. The standard InChI is InChI=1S/C12H13FN2O/c13-11-8-15-7-9(6-14)12(11)16-10-4-2-1-3-5-10/h7-8,10H,1-5H2. The van der Waals surface area contributed by atoms with Crippen LogP contribution in [0.2, 0.25) is 0 Å². The van der Waals surface area contributed by atoms with E-state index >= 15 is 0 Å². The lowest BCUT2D eigenvalue weighted by Crippen LogP contribution is -2.20. The van der Waals surface area contributed by atoms with Crippen LogP contribution in [0.4, 0.5) is 4.39 Å². The second kappa shape index (κ2) is 4.93. The number of nitriles is 1. The molecule has 0 atom stereocenters. The Hall–Kier alpha value is -1.63. The predicted molar refractivity (Wildman–Crippen MR) is 56.4 cm³/mol. The van der Waals surface area contributed by atoms with Gasteiger partial charge in [-0.1, -0.05) is 6.42 Å². The van der Waals surface area contributed by atoms with Gasteiger partial charge in [-0.2, -0.15) is 5.26 Å². The summed E-state index contributed by atoms with van der Waals surface area (Å²) >= 11 is 0. The molecule has 1 fully saturated rings. The van der Waals surface area contributed by atoms with E-state index in [1.165, 1.54) is 12.6 Å². The summed E-state index contributed by atoms with van der Waals surface area (Å²) in [6.07, 6.45) is 7.76. The van der Waals surface area contributed by atoms with Gasteiger partial charge < -0.3 is 4.74 Å². The molecule has 1 saturated carbocycles. The Labute approximate surface area is 93.9 Å². The Kier molecular flexibility index (Phi) is 3.35. The van der Waals surface area contributed by atoms with Gasteiger partial charge in [-0.05, 0) is 25.7 Å². The summed E-state index contributed by atoms with van der Waals surface area (Å²) in [5, 5.41) is 8.84. The van der Waals surface area contributed by atoms with Crippen molar-refractivity contribution < 1.29 is 9.13 Å². The molecule has 0 amide bonds. The van der Waals surface area contributed by atoms with Crippen LogP contribution in [0.5, 0.6) is 5.75 Å².